The van der Waals surface area contributed by atoms with E-state index in [-0.39, 0.29) is 24.5 Å². The van der Waals surface area contributed by atoms with E-state index in [1.165, 1.54) is 4.90 Å². The number of fused-ring (bicyclic) bond motifs is 3. The first-order valence-corrected chi connectivity index (χ1v) is 11.0. The minimum Gasteiger partial charge on any atom is -0.329 e. The Morgan fingerprint density at radius 1 is 0.935 bits per heavy atom. The second kappa shape index (κ2) is 8.77. The average molecular weight is 456 g/mol. The molecule has 3 aromatic rings. The normalized spacial score (nSPS) is 15.0. The molecule has 0 saturated carbocycles. The van der Waals surface area contributed by atoms with E-state index in [0.29, 0.717) is 0 Å². The first-order valence-electron chi connectivity index (χ1n) is 10.1. The highest BCUT2D eigenvalue weighted by atomic mass is 35.5. The third-order valence-corrected chi connectivity index (χ3v) is 5.88. The van der Waals surface area contributed by atoms with Crippen LogP contribution in [0.1, 0.15) is 31.1 Å². The van der Waals surface area contributed by atoms with Crippen LogP contribution in [0.5, 0.6) is 0 Å². The predicted molar refractivity (Wildman–Crippen MR) is 124 cm³/mol. The highest BCUT2D eigenvalue weighted by Crippen LogP contribution is 2.42. The first-order chi connectivity index (χ1) is 14.9. The van der Waals surface area contributed by atoms with Crippen molar-refractivity contribution in [3.63, 3.8) is 0 Å². The number of anilines is 1. The number of amides is 2. The number of hydrogen-bond donors (Lipinski definition) is 0. The Labute approximate surface area is 191 Å². The molecule has 0 saturated heterocycles. The summed E-state index contributed by atoms with van der Waals surface area (Å²) in [5.74, 6) is -0.679. The van der Waals surface area contributed by atoms with E-state index in [1.807, 2.05) is 86.8 Å². The van der Waals surface area contributed by atoms with Crippen LogP contribution in [0.25, 0.3) is 5.69 Å². The van der Waals surface area contributed by atoms with Crippen LogP contribution < -0.4 is 4.90 Å². The number of nitrogens with zero attached hydrogens (tertiary/aromatic N) is 3. The first kappa shape index (κ1) is 21.5. The van der Waals surface area contributed by atoms with Crippen molar-refractivity contribution in [1.29, 1.82) is 0 Å². The number of benzene rings is 2. The largest absolute Gasteiger partial charge is 0.329 e. The molecule has 2 amide bonds. The molecule has 2 aromatic carbocycles. The van der Waals surface area contributed by atoms with Crippen LogP contribution in [0.2, 0.25) is 0 Å². The summed E-state index contributed by atoms with van der Waals surface area (Å²) >= 11 is 11.7. The fraction of sp³-hybridized carbons (Fsp3) is 0.250. The topological polar surface area (TPSA) is 45.6 Å². The second-order valence-corrected chi connectivity index (χ2v) is 8.83. The quantitative estimate of drug-likeness (QED) is 0.510. The maximum absolute atomic E-state index is 13.8. The van der Waals surface area contributed by atoms with Crippen molar-refractivity contribution in [2.24, 2.45) is 0 Å². The van der Waals surface area contributed by atoms with Gasteiger partial charge in [0.1, 0.15) is 12.6 Å². The summed E-state index contributed by atoms with van der Waals surface area (Å²) < 4.78 is 2.11. The summed E-state index contributed by atoms with van der Waals surface area (Å²) in [6.07, 6.45) is 2.00. The molecule has 1 unspecified atom stereocenters. The van der Waals surface area contributed by atoms with Crippen LogP contribution in [0.3, 0.4) is 0 Å². The minimum absolute atomic E-state index is 0.120. The molecular weight excluding hydrogens is 433 g/mol. The molecular formula is C24H23Cl2N3O2. The van der Waals surface area contributed by atoms with Gasteiger partial charge in [-0.05, 0) is 43.7 Å². The third-order valence-electron chi connectivity index (χ3n) is 5.50. The Kier molecular flexibility index (Phi) is 6.08. The van der Waals surface area contributed by atoms with Crippen LogP contribution in [-0.4, -0.2) is 38.7 Å². The number of carbonyl (C=O) groups excluding carboxylic acids is 2. The SMILES string of the molecule is CC(C)N(CC(=O)N1c2ccccc2-n2cccc2C1c1ccccc1)C(=O)C(Cl)Cl. The van der Waals surface area contributed by atoms with E-state index in [4.69, 9.17) is 23.2 Å². The van der Waals surface area contributed by atoms with E-state index in [2.05, 4.69) is 4.57 Å². The van der Waals surface area contributed by atoms with Gasteiger partial charge in [0.15, 0.2) is 4.84 Å². The zero-order chi connectivity index (χ0) is 22.1. The molecule has 1 aromatic heterocycles. The van der Waals surface area contributed by atoms with Gasteiger partial charge in [-0.2, -0.15) is 0 Å². The monoisotopic (exact) mass is 455 g/mol. The van der Waals surface area contributed by atoms with Crippen LogP contribution in [-0.2, 0) is 9.59 Å². The van der Waals surface area contributed by atoms with Gasteiger partial charge < -0.3 is 9.47 Å². The number of rotatable bonds is 5. The zero-order valence-electron chi connectivity index (χ0n) is 17.3. The number of hydrogen-bond acceptors (Lipinski definition) is 2. The number of para-hydroxylation sites is 2. The molecule has 0 N–H and O–H groups in total. The van der Waals surface area contributed by atoms with E-state index in [1.54, 1.807) is 4.90 Å². The zero-order valence-corrected chi connectivity index (χ0v) is 18.8. The molecule has 31 heavy (non-hydrogen) atoms. The van der Waals surface area contributed by atoms with Gasteiger partial charge in [0.25, 0.3) is 5.91 Å². The molecule has 0 spiro atoms. The van der Waals surface area contributed by atoms with Gasteiger partial charge in [0.2, 0.25) is 5.91 Å². The molecule has 0 radical (unpaired) electrons. The lowest BCUT2D eigenvalue weighted by molar-refractivity contribution is -0.135. The number of halogens is 2. The van der Waals surface area contributed by atoms with Crippen molar-refractivity contribution in [3.8, 4) is 5.69 Å². The highest BCUT2D eigenvalue weighted by Gasteiger charge is 2.37. The average Bonchev–Trinajstić information content (AvgIpc) is 3.26. The lowest BCUT2D eigenvalue weighted by Crippen LogP contribution is -2.49. The number of carbonyl (C=O) groups is 2. The summed E-state index contributed by atoms with van der Waals surface area (Å²) in [4.78, 5) is 28.3. The smallest absolute Gasteiger partial charge is 0.256 e. The molecule has 0 aliphatic carbocycles. The van der Waals surface area contributed by atoms with Crippen LogP contribution in [0, 0.1) is 0 Å². The van der Waals surface area contributed by atoms with Crippen LogP contribution in [0.15, 0.2) is 72.9 Å². The van der Waals surface area contributed by atoms with Gasteiger partial charge in [0, 0.05) is 12.2 Å². The van der Waals surface area contributed by atoms with Gasteiger partial charge in [-0.1, -0.05) is 65.7 Å². The van der Waals surface area contributed by atoms with Crippen molar-refractivity contribution >= 4 is 40.7 Å². The summed E-state index contributed by atoms with van der Waals surface area (Å²) in [7, 11) is 0. The standard InChI is InChI=1S/C24H23Cl2N3O2/c1-16(2)28(24(31)23(25)26)15-21(30)29-19-12-7-6-11-18(19)27-14-8-13-20(27)22(29)17-9-4-3-5-10-17/h3-14,16,22-23H,15H2,1-2H3. The third kappa shape index (κ3) is 3.95. The molecule has 1 aliphatic rings. The fourth-order valence-electron chi connectivity index (χ4n) is 4.07. The van der Waals surface area contributed by atoms with Gasteiger partial charge in [-0.25, -0.2) is 0 Å². The molecule has 2 heterocycles. The van der Waals surface area contributed by atoms with E-state index < -0.39 is 10.7 Å². The molecule has 0 fully saturated rings. The maximum atomic E-state index is 13.8. The summed E-state index contributed by atoms with van der Waals surface area (Å²) in [6, 6.07) is 21.1. The van der Waals surface area contributed by atoms with Crippen LogP contribution >= 0.6 is 23.2 Å². The van der Waals surface area contributed by atoms with Crippen molar-refractivity contribution in [3.05, 3.63) is 84.2 Å². The lowest BCUT2D eigenvalue weighted by atomic mass is 9.97. The highest BCUT2D eigenvalue weighted by molar-refractivity contribution is 6.53. The van der Waals surface area contributed by atoms with Gasteiger partial charge >= 0.3 is 0 Å². The lowest BCUT2D eigenvalue weighted by Gasteiger charge is -2.40. The number of aromatic nitrogens is 1. The second-order valence-electron chi connectivity index (χ2n) is 7.73. The molecule has 7 heteroatoms. The molecule has 1 atom stereocenters. The fourth-order valence-corrected chi connectivity index (χ4v) is 4.33. The van der Waals surface area contributed by atoms with Gasteiger partial charge in [-0.3, -0.25) is 14.5 Å². The van der Waals surface area contributed by atoms with Gasteiger partial charge in [0.05, 0.1) is 17.1 Å². The Hall–Kier alpha value is -2.76. The van der Waals surface area contributed by atoms with Crippen molar-refractivity contribution in [2.75, 3.05) is 11.4 Å². The Morgan fingerprint density at radius 2 is 1.58 bits per heavy atom. The van der Waals surface area contributed by atoms with E-state index >= 15 is 0 Å². The Balaban J connectivity index is 1.82. The van der Waals surface area contributed by atoms with Gasteiger partial charge in [-0.15, -0.1) is 0 Å². The van der Waals surface area contributed by atoms with Crippen LogP contribution in [0.4, 0.5) is 5.69 Å². The Bertz CT molecular complexity index is 1090. The summed E-state index contributed by atoms with van der Waals surface area (Å²) in [6.45, 7) is 3.56. The molecule has 160 valence electrons. The summed E-state index contributed by atoms with van der Waals surface area (Å²) in [5.41, 5.74) is 3.67. The minimum atomic E-state index is -1.22. The van der Waals surface area contributed by atoms with E-state index in [0.717, 1.165) is 22.6 Å². The molecule has 0 bridgehead atoms. The molecule has 1 aliphatic heterocycles. The van der Waals surface area contributed by atoms with Crippen molar-refractivity contribution < 1.29 is 9.59 Å². The summed E-state index contributed by atoms with van der Waals surface area (Å²) in [5, 5.41) is 0. The molecule has 5 nitrogen and oxygen atoms in total. The van der Waals surface area contributed by atoms with Crippen molar-refractivity contribution in [2.45, 2.75) is 30.8 Å². The molecule has 4 rings (SSSR count). The van der Waals surface area contributed by atoms with E-state index in [9.17, 15) is 9.59 Å². The predicted octanol–water partition coefficient (Wildman–Crippen LogP) is 4.95. The maximum Gasteiger partial charge on any atom is 0.256 e. The number of alkyl halides is 2. The van der Waals surface area contributed by atoms with Crippen molar-refractivity contribution in [1.82, 2.24) is 9.47 Å². The Morgan fingerprint density at radius 3 is 2.23 bits per heavy atom.